The molecule has 4 rings (SSSR count). The third-order valence-corrected chi connectivity index (χ3v) is 4.63. The second-order valence-corrected chi connectivity index (χ2v) is 6.77. The summed E-state index contributed by atoms with van der Waals surface area (Å²) in [6.45, 7) is 1.45. The van der Waals surface area contributed by atoms with E-state index in [-0.39, 0.29) is 28.3 Å². The van der Waals surface area contributed by atoms with E-state index < -0.39 is 24.1 Å². The molecule has 0 saturated heterocycles. The summed E-state index contributed by atoms with van der Waals surface area (Å²) in [5.74, 6) is -1.88. The Bertz CT molecular complexity index is 1430. The van der Waals surface area contributed by atoms with Crippen LogP contribution in [0.15, 0.2) is 41.2 Å². The Morgan fingerprint density at radius 2 is 1.76 bits per heavy atom. The third-order valence-electron chi connectivity index (χ3n) is 4.63. The van der Waals surface area contributed by atoms with Crippen LogP contribution in [0, 0.1) is 0 Å². The van der Waals surface area contributed by atoms with E-state index in [4.69, 9.17) is 14.6 Å². The average molecular weight is 451 g/mol. The first-order chi connectivity index (χ1) is 15.9. The maximum atomic E-state index is 12.3. The number of rotatable bonds is 8. The number of ether oxygens (including phenoxy) is 2. The topological polar surface area (TPSA) is 180 Å². The van der Waals surface area contributed by atoms with Crippen LogP contribution in [0.4, 0.5) is 0 Å². The number of aromatic amines is 2. The number of aromatic carboxylic acids is 1. The highest BCUT2D eigenvalue weighted by Crippen LogP contribution is 2.34. The van der Waals surface area contributed by atoms with Gasteiger partial charge in [0.1, 0.15) is 22.9 Å². The number of benzene rings is 2. The van der Waals surface area contributed by atoms with E-state index in [1.807, 2.05) is 0 Å². The molecule has 0 fully saturated rings. The van der Waals surface area contributed by atoms with Gasteiger partial charge in [-0.1, -0.05) is 17.3 Å². The Kier molecular flexibility index (Phi) is 5.72. The maximum absolute atomic E-state index is 12.3. The molecule has 12 nitrogen and oxygen atoms in total. The molecule has 0 aliphatic carbocycles. The fourth-order valence-corrected chi connectivity index (χ4v) is 3.20. The van der Waals surface area contributed by atoms with Gasteiger partial charge in [-0.15, -0.1) is 5.10 Å². The minimum Gasteiger partial charge on any atom is -0.493 e. The Hall–Kier alpha value is -4.74. The minimum absolute atomic E-state index is 0.0763. The highest BCUT2D eigenvalue weighted by Gasteiger charge is 2.17. The Balaban J connectivity index is 1.78. The van der Waals surface area contributed by atoms with Crippen molar-refractivity contribution in [3.63, 3.8) is 0 Å². The van der Waals surface area contributed by atoms with Gasteiger partial charge >= 0.3 is 11.9 Å². The molecule has 0 aliphatic rings. The van der Waals surface area contributed by atoms with Gasteiger partial charge in [0, 0.05) is 0 Å². The SMILES string of the molecule is CCOc1cc(-c2ccc(C(=O)O)c(OCC(=O)O)c2)ccc1-c1nc2[nH]nnc2c(=O)[nH]1. The summed E-state index contributed by atoms with van der Waals surface area (Å²) < 4.78 is 10.9. The largest absolute Gasteiger partial charge is 0.493 e. The zero-order chi connectivity index (χ0) is 23.5. The summed E-state index contributed by atoms with van der Waals surface area (Å²) in [6.07, 6.45) is 0. The third kappa shape index (κ3) is 4.35. The summed E-state index contributed by atoms with van der Waals surface area (Å²) in [5.41, 5.74) is 1.42. The van der Waals surface area contributed by atoms with Crippen LogP contribution < -0.4 is 15.0 Å². The van der Waals surface area contributed by atoms with Crippen molar-refractivity contribution in [3.05, 3.63) is 52.3 Å². The predicted octanol–water partition coefficient (Wildman–Crippen LogP) is 1.94. The van der Waals surface area contributed by atoms with Gasteiger partial charge in [-0.05, 0) is 42.3 Å². The molecule has 0 amide bonds. The lowest BCUT2D eigenvalue weighted by Gasteiger charge is -2.13. The molecule has 0 saturated carbocycles. The molecule has 4 N–H and O–H groups in total. The standard InChI is InChI=1S/C21H17N5O7/c1-2-32-14-7-10(11-4-6-13(21(30)31)15(8-11)33-9-16(27)28)3-5-12(14)18-22-19-17(20(29)23-18)24-26-25-19/h3-8H,2,9H2,1H3,(H,27,28)(H,30,31)(H2,22,23,24,25,26,29). The van der Waals surface area contributed by atoms with Crippen LogP contribution in [0.2, 0.25) is 0 Å². The first-order valence-electron chi connectivity index (χ1n) is 9.68. The quantitative estimate of drug-likeness (QED) is 0.309. The zero-order valence-corrected chi connectivity index (χ0v) is 17.2. The number of nitrogens with zero attached hydrogens (tertiary/aromatic N) is 3. The van der Waals surface area contributed by atoms with E-state index in [0.717, 1.165) is 0 Å². The van der Waals surface area contributed by atoms with Crippen molar-refractivity contribution >= 4 is 23.1 Å². The molecule has 2 aromatic heterocycles. The number of nitrogens with one attached hydrogen (secondary N) is 2. The normalized spacial score (nSPS) is 10.8. The van der Waals surface area contributed by atoms with Crippen molar-refractivity contribution in [2.24, 2.45) is 0 Å². The molecule has 0 aliphatic heterocycles. The van der Waals surface area contributed by atoms with Gasteiger partial charge in [-0.3, -0.25) is 4.79 Å². The van der Waals surface area contributed by atoms with Gasteiger partial charge in [0.25, 0.3) is 5.56 Å². The van der Waals surface area contributed by atoms with Crippen LogP contribution >= 0.6 is 0 Å². The number of carboxylic acids is 2. The van der Waals surface area contributed by atoms with Crippen LogP contribution in [-0.4, -0.2) is 60.7 Å². The molecule has 2 heterocycles. The molecule has 0 bridgehead atoms. The van der Waals surface area contributed by atoms with E-state index in [9.17, 15) is 19.5 Å². The first kappa shape index (κ1) is 21.5. The number of H-pyrrole nitrogens is 2. The molecule has 0 radical (unpaired) electrons. The fraction of sp³-hybridized carbons (Fsp3) is 0.143. The minimum atomic E-state index is -1.24. The van der Waals surface area contributed by atoms with Crippen LogP contribution in [0.1, 0.15) is 17.3 Å². The van der Waals surface area contributed by atoms with Crippen LogP contribution in [0.5, 0.6) is 11.5 Å². The number of aromatic nitrogens is 5. The molecule has 0 unspecified atom stereocenters. The summed E-state index contributed by atoms with van der Waals surface area (Å²) in [6, 6.07) is 9.47. The lowest BCUT2D eigenvalue weighted by Crippen LogP contribution is -2.12. The van der Waals surface area contributed by atoms with E-state index >= 15 is 0 Å². The van der Waals surface area contributed by atoms with Gasteiger partial charge in [0.15, 0.2) is 17.8 Å². The number of fused-ring (bicyclic) bond motifs is 1. The highest BCUT2D eigenvalue weighted by molar-refractivity contribution is 5.92. The van der Waals surface area contributed by atoms with Gasteiger partial charge in [-0.2, -0.15) is 0 Å². The summed E-state index contributed by atoms with van der Waals surface area (Å²) in [5, 5.41) is 28.1. The molecule has 0 atom stereocenters. The average Bonchev–Trinajstić information content (AvgIpc) is 3.27. The summed E-state index contributed by atoms with van der Waals surface area (Å²) in [4.78, 5) is 41.6. The Morgan fingerprint density at radius 3 is 2.45 bits per heavy atom. The van der Waals surface area contributed by atoms with Gasteiger partial charge in [0.2, 0.25) is 0 Å². The molecule has 33 heavy (non-hydrogen) atoms. The van der Waals surface area contributed by atoms with Crippen molar-refractivity contribution < 1.29 is 29.3 Å². The second kappa shape index (κ2) is 8.78. The van der Waals surface area contributed by atoms with Crippen LogP contribution in [-0.2, 0) is 4.79 Å². The number of carboxylic acid groups (broad SMARTS) is 2. The van der Waals surface area contributed by atoms with Gasteiger partial charge in [-0.25, -0.2) is 19.7 Å². The molecular formula is C21H17N5O7. The number of aliphatic carboxylic acids is 1. The molecule has 12 heteroatoms. The highest BCUT2D eigenvalue weighted by atomic mass is 16.5. The van der Waals surface area contributed by atoms with Crippen molar-refractivity contribution in [1.82, 2.24) is 25.4 Å². The van der Waals surface area contributed by atoms with Crippen molar-refractivity contribution in [1.29, 1.82) is 0 Å². The van der Waals surface area contributed by atoms with Crippen molar-refractivity contribution in [2.75, 3.05) is 13.2 Å². The van der Waals surface area contributed by atoms with E-state index in [0.29, 0.717) is 29.0 Å². The van der Waals surface area contributed by atoms with Crippen molar-refractivity contribution in [3.8, 4) is 34.0 Å². The number of carbonyl (C=O) groups is 2. The molecule has 168 valence electrons. The lowest BCUT2D eigenvalue weighted by molar-refractivity contribution is -0.139. The summed E-state index contributed by atoms with van der Waals surface area (Å²) >= 11 is 0. The van der Waals surface area contributed by atoms with E-state index in [1.54, 1.807) is 31.2 Å². The Morgan fingerprint density at radius 1 is 1.03 bits per heavy atom. The predicted molar refractivity (Wildman–Crippen MR) is 114 cm³/mol. The monoisotopic (exact) mass is 451 g/mol. The van der Waals surface area contributed by atoms with Crippen LogP contribution in [0.25, 0.3) is 33.7 Å². The fourth-order valence-electron chi connectivity index (χ4n) is 3.20. The van der Waals surface area contributed by atoms with Crippen LogP contribution in [0.3, 0.4) is 0 Å². The van der Waals surface area contributed by atoms with E-state index in [1.165, 1.54) is 12.1 Å². The molecular weight excluding hydrogens is 434 g/mol. The summed E-state index contributed by atoms with van der Waals surface area (Å²) in [7, 11) is 0. The number of hydrogen-bond donors (Lipinski definition) is 4. The molecule has 4 aromatic rings. The van der Waals surface area contributed by atoms with Gasteiger partial charge < -0.3 is 24.7 Å². The second-order valence-electron chi connectivity index (χ2n) is 6.77. The van der Waals surface area contributed by atoms with E-state index in [2.05, 4.69) is 25.4 Å². The van der Waals surface area contributed by atoms with Gasteiger partial charge in [0.05, 0.1) is 12.2 Å². The molecule has 2 aromatic carbocycles. The molecule has 0 spiro atoms. The smallest absolute Gasteiger partial charge is 0.341 e. The zero-order valence-electron chi connectivity index (χ0n) is 17.2. The first-order valence-corrected chi connectivity index (χ1v) is 9.68. The lowest BCUT2D eigenvalue weighted by atomic mass is 10.0. The maximum Gasteiger partial charge on any atom is 0.341 e. The van der Waals surface area contributed by atoms with Crippen molar-refractivity contribution in [2.45, 2.75) is 6.92 Å². The Labute approximate surface area is 184 Å². The number of hydrogen-bond acceptors (Lipinski definition) is 8.